The van der Waals surface area contributed by atoms with Gasteiger partial charge >= 0.3 is 0 Å². The van der Waals surface area contributed by atoms with Crippen molar-refractivity contribution in [3.63, 3.8) is 0 Å². The summed E-state index contributed by atoms with van der Waals surface area (Å²) in [5, 5.41) is 0. The van der Waals surface area contributed by atoms with Crippen molar-refractivity contribution in [3.05, 3.63) is 72.9 Å². The molecule has 1 aliphatic rings. The van der Waals surface area contributed by atoms with E-state index in [9.17, 15) is 0 Å². The maximum Gasteiger partial charge on any atom is -0.00915 e. The summed E-state index contributed by atoms with van der Waals surface area (Å²) in [6, 6.07) is 0. The molecule has 65 valence electrons. The Balaban J connectivity index is 2.62. The minimum absolute atomic E-state index is 0.863. The summed E-state index contributed by atoms with van der Waals surface area (Å²) in [4.78, 5) is 0. The Hall–Kier alpha value is -1.56. The first kappa shape index (κ1) is 9.53. The van der Waals surface area contributed by atoms with E-state index in [0.29, 0.717) is 0 Å². The fraction of sp³-hybridized carbons (Fsp3) is 0.0769. The lowest BCUT2D eigenvalue weighted by Crippen LogP contribution is -1.57. The van der Waals surface area contributed by atoms with Crippen molar-refractivity contribution in [2.45, 2.75) is 6.42 Å². The predicted octanol–water partition coefficient (Wildman–Crippen LogP) is 3.53. The molecule has 0 aromatic carbocycles. The Morgan fingerprint density at radius 2 is 1.15 bits per heavy atom. The molecule has 0 saturated heterocycles. The van der Waals surface area contributed by atoms with Crippen LogP contribution in [0.15, 0.2) is 66.8 Å². The molecule has 0 atom stereocenters. The Bertz CT molecular complexity index is 253. The van der Waals surface area contributed by atoms with E-state index in [1.807, 2.05) is 60.8 Å². The topological polar surface area (TPSA) is 0 Å². The monoisotopic (exact) mass is 169 g/mol. The summed E-state index contributed by atoms with van der Waals surface area (Å²) in [6.45, 7) is 0. The standard InChI is InChI=1S/C13H13/c1-2-4-6-8-10-12-13-11-9-7-5-3-1/h1-11H,12H2/b2-1-,5-3+,6-4+,9-7-,10-8+,13-11?. The molecule has 0 nitrogen and oxygen atoms in total. The van der Waals surface area contributed by atoms with E-state index < -0.39 is 0 Å². The molecule has 0 fully saturated rings. The number of hydrogen-bond donors (Lipinski definition) is 0. The van der Waals surface area contributed by atoms with Gasteiger partial charge in [0.2, 0.25) is 0 Å². The van der Waals surface area contributed by atoms with Crippen LogP contribution in [0, 0.1) is 6.08 Å². The Morgan fingerprint density at radius 3 is 1.85 bits per heavy atom. The lowest BCUT2D eigenvalue weighted by Gasteiger charge is -1.76. The zero-order valence-corrected chi connectivity index (χ0v) is 7.56. The molecule has 1 rings (SSSR count). The van der Waals surface area contributed by atoms with Crippen molar-refractivity contribution >= 4 is 0 Å². The molecule has 0 unspecified atom stereocenters. The molecule has 0 heteroatoms. The first-order chi connectivity index (χ1) is 6.50. The van der Waals surface area contributed by atoms with Crippen LogP contribution in [0.25, 0.3) is 0 Å². The number of rotatable bonds is 0. The van der Waals surface area contributed by atoms with E-state index in [2.05, 4.69) is 12.2 Å². The van der Waals surface area contributed by atoms with E-state index in [4.69, 9.17) is 0 Å². The highest BCUT2D eigenvalue weighted by atomic mass is 13.8. The third-order valence-corrected chi connectivity index (χ3v) is 1.47. The average molecular weight is 169 g/mol. The second-order valence-corrected chi connectivity index (χ2v) is 2.54. The van der Waals surface area contributed by atoms with Crippen molar-refractivity contribution in [1.82, 2.24) is 0 Å². The van der Waals surface area contributed by atoms with Gasteiger partial charge < -0.3 is 0 Å². The number of hydrogen-bond acceptors (Lipinski definition) is 0. The van der Waals surface area contributed by atoms with E-state index in [1.165, 1.54) is 0 Å². The van der Waals surface area contributed by atoms with Gasteiger partial charge in [0.1, 0.15) is 0 Å². The molecule has 0 aromatic rings. The zero-order chi connectivity index (χ0) is 9.19. The second-order valence-electron chi connectivity index (χ2n) is 2.54. The van der Waals surface area contributed by atoms with Crippen LogP contribution < -0.4 is 0 Å². The largest absolute Gasteiger partial charge is 0.0801 e. The first-order valence-corrected chi connectivity index (χ1v) is 4.38. The zero-order valence-electron chi connectivity index (χ0n) is 7.56. The van der Waals surface area contributed by atoms with Gasteiger partial charge in [0.05, 0.1) is 0 Å². The molecule has 13 heavy (non-hydrogen) atoms. The highest BCUT2D eigenvalue weighted by Gasteiger charge is 1.70. The lowest BCUT2D eigenvalue weighted by molar-refractivity contribution is 1.34. The third kappa shape index (κ3) is 5.68. The first-order valence-electron chi connectivity index (χ1n) is 4.38. The van der Waals surface area contributed by atoms with Gasteiger partial charge in [-0.15, -0.1) is 0 Å². The van der Waals surface area contributed by atoms with Gasteiger partial charge in [0.25, 0.3) is 0 Å². The number of allylic oxidation sites excluding steroid dienone is 12. The van der Waals surface area contributed by atoms with Crippen LogP contribution in [0.2, 0.25) is 0 Å². The molecular formula is C13H13. The van der Waals surface area contributed by atoms with Gasteiger partial charge in [-0.25, -0.2) is 0 Å². The maximum absolute atomic E-state index is 3.14. The van der Waals surface area contributed by atoms with E-state index in [0.717, 1.165) is 6.42 Å². The third-order valence-electron chi connectivity index (χ3n) is 1.47. The molecule has 0 heterocycles. The summed E-state index contributed by atoms with van der Waals surface area (Å²) >= 11 is 0. The Labute approximate surface area is 80.0 Å². The van der Waals surface area contributed by atoms with Crippen LogP contribution in [0.3, 0.4) is 0 Å². The summed E-state index contributed by atoms with van der Waals surface area (Å²) < 4.78 is 0. The minimum Gasteiger partial charge on any atom is -0.0801 e. The van der Waals surface area contributed by atoms with Crippen LogP contribution in [0.1, 0.15) is 6.42 Å². The van der Waals surface area contributed by atoms with Gasteiger partial charge in [-0.2, -0.15) is 0 Å². The highest BCUT2D eigenvalue weighted by Crippen LogP contribution is 1.90. The molecule has 0 bridgehead atoms. The summed E-state index contributed by atoms with van der Waals surface area (Å²) in [6.07, 6.45) is 26.0. The molecule has 0 aliphatic heterocycles. The molecular weight excluding hydrogens is 156 g/mol. The van der Waals surface area contributed by atoms with Crippen LogP contribution in [-0.4, -0.2) is 0 Å². The second kappa shape index (κ2) is 7.11. The Morgan fingerprint density at radius 1 is 0.615 bits per heavy atom. The van der Waals surface area contributed by atoms with E-state index in [-0.39, 0.29) is 0 Å². The fourth-order valence-electron chi connectivity index (χ4n) is 0.855. The minimum atomic E-state index is 0.863. The van der Waals surface area contributed by atoms with Crippen LogP contribution in [0.4, 0.5) is 0 Å². The fourth-order valence-corrected chi connectivity index (χ4v) is 0.855. The van der Waals surface area contributed by atoms with Gasteiger partial charge in [-0.1, -0.05) is 66.8 Å². The molecule has 1 radical (unpaired) electrons. The smallest absolute Gasteiger partial charge is 0.00915 e. The van der Waals surface area contributed by atoms with Crippen LogP contribution in [0.5, 0.6) is 0 Å². The summed E-state index contributed by atoms with van der Waals surface area (Å²) in [5.41, 5.74) is 0. The highest BCUT2D eigenvalue weighted by molar-refractivity contribution is 5.19. The normalized spacial score (nSPS) is 31.4. The van der Waals surface area contributed by atoms with Crippen molar-refractivity contribution in [3.8, 4) is 0 Å². The quantitative estimate of drug-likeness (QED) is 0.520. The van der Waals surface area contributed by atoms with Gasteiger partial charge in [0.15, 0.2) is 0 Å². The van der Waals surface area contributed by atoms with E-state index >= 15 is 0 Å². The SMILES string of the molecule is [C]1=C/C=C\C=C\C=C/C=C/C=C/C/1. The van der Waals surface area contributed by atoms with Gasteiger partial charge in [-0.3, -0.25) is 0 Å². The summed E-state index contributed by atoms with van der Waals surface area (Å²) in [5.74, 6) is 0. The van der Waals surface area contributed by atoms with Gasteiger partial charge in [-0.05, 0) is 12.5 Å². The average Bonchev–Trinajstić information content (AvgIpc) is 2.18. The molecule has 0 spiro atoms. The Kier molecular flexibility index (Phi) is 5.21. The molecule has 0 amide bonds. The van der Waals surface area contributed by atoms with Crippen LogP contribution >= 0.6 is 0 Å². The van der Waals surface area contributed by atoms with Crippen molar-refractivity contribution in [2.75, 3.05) is 0 Å². The van der Waals surface area contributed by atoms with Crippen molar-refractivity contribution in [2.24, 2.45) is 0 Å². The van der Waals surface area contributed by atoms with Crippen LogP contribution in [-0.2, 0) is 0 Å². The van der Waals surface area contributed by atoms with E-state index in [1.54, 1.807) is 0 Å². The lowest BCUT2D eigenvalue weighted by atomic mass is 10.3. The van der Waals surface area contributed by atoms with Crippen molar-refractivity contribution in [1.29, 1.82) is 0 Å². The molecule has 0 saturated carbocycles. The molecule has 0 N–H and O–H groups in total. The van der Waals surface area contributed by atoms with Gasteiger partial charge in [0, 0.05) is 0 Å². The van der Waals surface area contributed by atoms with Crippen molar-refractivity contribution < 1.29 is 0 Å². The predicted molar refractivity (Wildman–Crippen MR) is 58.1 cm³/mol. The molecule has 0 aromatic heterocycles. The summed E-state index contributed by atoms with van der Waals surface area (Å²) in [7, 11) is 0. The molecule has 1 aliphatic carbocycles. The maximum atomic E-state index is 3.14.